The van der Waals surface area contributed by atoms with Crippen molar-refractivity contribution in [2.24, 2.45) is 0 Å². The van der Waals surface area contributed by atoms with Gasteiger partial charge in [0.2, 0.25) is 0 Å². The Morgan fingerprint density at radius 1 is 1.24 bits per heavy atom. The molecular formula is C11H10F3NO2. The van der Waals surface area contributed by atoms with E-state index < -0.39 is 29.5 Å². The van der Waals surface area contributed by atoms with E-state index >= 15 is 0 Å². The molecule has 0 heterocycles. The van der Waals surface area contributed by atoms with Gasteiger partial charge in [-0.3, -0.25) is 4.79 Å². The summed E-state index contributed by atoms with van der Waals surface area (Å²) in [6.45, 7) is 0. The van der Waals surface area contributed by atoms with Gasteiger partial charge in [0.25, 0.3) is 5.91 Å². The van der Waals surface area contributed by atoms with Crippen LogP contribution in [0.1, 0.15) is 23.2 Å². The van der Waals surface area contributed by atoms with Crippen molar-refractivity contribution in [3.05, 3.63) is 35.1 Å². The van der Waals surface area contributed by atoms with Gasteiger partial charge >= 0.3 is 0 Å². The number of benzene rings is 1. The molecule has 17 heavy (non-hydrogen) atoms. The third-order valence-corrected chi connectivity index (χ3v) is 2.69. The highest BCUT2D eigenvalue weighted by Gasteiger charge is 2.29. The molecule has 0 radical (unpaired) electrons. The molecule has 0 spiro atoms. The standard InChI is InChI=1S/C11H10F3NO2/c12-8-1-5(2-9(13)10(8)14)11(17)15-6-3-7(16)4-6/h1-2,6-7,16H,3-4H2,(H,15,17). The fourth-order valence-corrected chi connectivity index (χ4v) is 1.66. The molecule has 0 bridgehead atoms. The Balaban J connectivity index is 2.09. The molecule has 1 saturated carbocycles. The first-order valence-electron chi connectivity index (χ1n) is 5.11. The molecule has 0 aliphatic heterocycles. The lowest BCUT2D eigenvalue weighted by Crippen LogP contribution is -2.46. The molecule has 1 amide bonds. The predicted molar refractivity (Wildman–Crippen MR) is 52.8 cm³/mol. The van der Waals surface area contributed by atoms with Crippen molar-refractivity contribution in [3.8, 4) is 0 Å². The van der Waals surface area contributed by atoms with Crippen molar-refractivity contribution in [2.45, 2.75) is 25.0 Å². The van der Waals surface area contributed by atoms with Gasteiger partial charge in [0.05, 0.1) is 6.10 Å². The van der Waals surface area contributed by atoms with Gasteiger partial charge in [-0.25, -0.2) is 13.2 Å². The largest absolute Gasteiger partial charge is 0.393 e. The number of nitrogens with one attached hydrogen (secondary N) is 1. The molecule has 3 nitrogen and oxygen atoms in total. The van der Waals surface area contributed by atoms with E-state index in [9.17, 15) is 18.0 Å². The molecule has 2 N–H and O–H groups in total. The Kier molecular flexibility index (Phi) is 3.06. The number of hydrogen-bond donors (Lipinski definition) is 2. The first-order chi connectivity index (χ1) is 7.97. The van der Waals surface area contributed by atoms with Gasteiger partial charge in [-0.15, -0.1) is 0 Å². The van der Waals surface area contributed by atoms with E-state index in [0.29, 0.717) is 25.0 Å². The highest BCUT2D eigenvalue weighted by atomic mass is 19.2. The number of hydrogen-bond acceptors (Lipinski definition) is 2. The summed E-state index contributed by atoms with van der Waals surface area (Å²) < 4.78 is 38.4. The number of rotatable bonds is 2. The molecule has 0 saturated heterocycles. The van der Waals surface area contributed by atoms with Gasteiger partial charge in [-0.05, 0) is 25.0 Å². The van der Waals surface area contributed by atoms with Crippen LogP contribution in [-0.4, -0.2) is 23.2 Å². The summed E-state index contributed by atoms with van der Waals surface area (Å²) in [7, 11) is 0. The summed E-state index contributed by atoms with van der Waals surface area (Å²) in [4.78, 5) is 11.5. The zero-order valence-electron chi connectivity index (χ0n) is 8.71. The minimum absolute atomic E-state index is 0.200. The van der Waals surface area contributed by atoms with E-state index in [0.717, 1.165) is 0 Å². The Bertz CT molecular complexity index is 435. The second kappa shape index (κ2) is 4.37. The molecule has 1 aliphatic rings. The van der Waals surface area contributed by atoms with E-state index in [1.807, 2.05) is 0 Å². The third kappa shape index (κ3) is 2.41. The first-order valence-corrected chi connectivity index (χ1v) is 5.11. The SMILES string of the molecule is O=C(NC1CC(O)C1)c1cc(F)c(F)c(F)c1. The molecule has 0 unspecified atom stereocenters. The lowest BCUT2D eigenvalue weighted by molar-refractivity contribution is 0.0562. The van der Waals surface area contributed by atoms with Crippen LogP contribution in [0.25, 0.3) is 0 Å². The van der Waals surface area contributed by atoms with Crippen molar-refractivity contribution in [1.82, 2.24) is 5.32 Å². The lowest BCUT2D eigenvalue weighted by Gasteiger charge is -2.31. The Hall–Kier alpha value is -1.56. The zero-order chi connectivity index (χ0) is 12.6. The minimum atomic E-state index is -1.60. The summed E-state index contributed by atoms with van der Waals surface area (Å²) in [5, 5.41) is 11.5. The summed E-state index contributed by atoms with van der Waals surface area (Å²) in [6.07, 6.45) is 0.387. The van der Waals surface area contributed by atoms with E-state index in [-0.39, 0.29) is 11.6 Å². The second-order valence-corrected chi connectivity index (χ2v) is 4.05. The molecule has 6 heteroatoms. The average Bonchev–Trinajstić information content (AvgIpc) is 2.23. The normalized spacial score (nSPS) is 23.1. The Labute approximate surface area is 95.3 Å². The summed E-state index contributed by atoms with van der Waals surface area (Å²) >= 11 is 0. The van der Waals surface area contributed by atoms with Crippen LogP contribution in [0.4, 0.5) is 13.2 Å². The van der Waals surface area contributed by atoms with Gasteiger partial charge in [0, 0.05) is 11.6 Å². The number of amides is 1. The molecule has 0 atom stereocenters. The van der Waals surface area contributed by atoms with E-state index in [2.05, 4.69) is 5.32 Å². The molecular weight excluding hydrogens is 235 g/mol. The molecule has 92 valence electrons. The van der Waals surface area contributed by atoms with E-state index in [1.165, 1.54) is 0 Å². The summed E-state index contributed by atoms with van der Waals surface area (Å²) in [6, 6.07) is 1.08. The molecule has 1 aromatic carbocycles. The zero-order valence-corrected chi connectivity index (χ0v) is 8.71. The van der Waals surface area contributed by atoms with Crippen LogP contribution in [0.15, 0.2) is 12.1 Å². The maximum Gasteiger partial charge on any atom is 0.251 e. The van der Waals surface area contributed by atoms with Crippen LogP contribution in [0.5, 0.6) is 0 Å². The van der Waals surface area contributed by atoms with Crippen LogP contribution in [0.2, 0.25) is 0 Å². The molecule has 2 rings (SSSR count). The minimum Gasteiger partial charge on any atom is -0.393 e. The van der Waals surface area contributed by atoms with Crippen molar-refractivity contribution in [3.63, 3.8) is 0 Å². The smallest absolute Gasteiger partial charge is 0.251 e. The van der Waals surface area contributed by atoms with E-state index in [4.69, 9.17) is 5.11 Å². The Morgan fingerprint density at radius 2 is 1.76 bits per heavy atom. The molecule has 1 fully saturated rings. The fraction of sp³-hybridized carbons (Fsp3) is 0.364. The van der Waals surface area contributed by atoms with Gasteiger partial charge in [-0.1, -0.05) is 0 Å². The van der Waals surface area contributed by atoms with Crippen molar-refractivity contribution < 1.29 is 23.1 Å². The predicted octanol–water partition coefficient (Wildman–Crippen LogP) is 1.36. The number of halogens is 3. The maximum absolute atomic E-state index is 12.9. The second-order valence-electron chi connectivity index (χ2n) is 4.05. The number of aliphatic hydroxyl groups excluding tert-OH is 1. The average molecular weight is 245 g/mol. The van der Waals surface area contributed by atoms with Gasteiger partial charge < -0.3 is 10.4 Å². The van der Waals surface area contributed by atoms with Crippen LogP contribution >= 0.6 is 0 Å². The van der Waals surface area contributed by atoms with Crippen molar-refractivity contribution >= 4 is 5.91 Å². The summed E-state index contributed by atoms with van der Waals surface area (Å²) in [5.41, 5.74) is -0.275. The quantitative estimate of drug-likeness (QED) is 0.773. The van der Waals surface area contributed by atoms with Crippen LogP contribution < -0.4 is 5.32 Å². The lowest BCUT2D eigenvalue weighted by atomic mass is 9.89. The number of carbonyl (C=O) groups excluding carboxylic acids is 1. The monoisotopic (exact) mass is 245 g/mol. The van der Waals surface area contributed by atoms with E-state index in [1.54, 1.807) is 0 Å². The van der Waals surface area contributed by atoms with Crippen LogP contribution in [0.3, 0.4) is 0 Å². The maximum atomic E-state index is 12.9. The highest BCUT2D eigenvalue weighted by Crippen LogP contribution is 2.20. The highest BCUT2D eigenvalue weighted by molar-refractivity contribution is 5.94. The van der Waals surface area contributed by atoms with Gasteiger partial charge in [0.15, 0.2) is 17.5 Å². The fourth-order valence-electron chi connectivity index (χ4n) is 1.66. The van der Waals surface area contributed by atoms with Crippen molar-refractivity contribution in [2.75, 3.05) is 0 Å². The number of carbonyl (C=O) groups is 1. The first kappa shape index (κ1) is 11.9. The van der Waals surface area contributed by atoms with Crippen molar-refractivity contribution in [1.29, 1.82) is 0 Å². The molecule has 0 aromatic heterocycles. The van der Waals surface area contributed by atoms with Crippen LogP contribution in [-0.2, 0) is 0 Å². The molecule has 1 aliphatic carbocycles. The van der Waals surface area contributed by atoms with Gasteiger partial charge in [0.1, 0.15) is 0 Å². The third-order valence-electron chi connectivity index (χ3n) is 2.69. The molecule has 1 aromatic rings. The summed E-state index contributed by atoms with van der Waals surface area (Å²) in [5.74, 6) is -5.08. The Morgan fingerprint density at radius 3 is 2.24 bits per heavy atom. The topological polar surface area (TPSA) is 49.3 Å². The number of aliphatic hydroxyl groups is 1. The van der Waals surface area contributed by atoms with Crippen LogP contribution in [0, 0.1) is 17.5 Å². The van der Waals surface area contributed by atoms with Gasteiger partial charge in [-0.2, -0.15) is 0 Å².